The lowest BCUT2D eigenvalue weighted by atomic mass is 9.96. The van der Waals surface area contributed by atoms with Gasteiger partial charge in [-0.05, 0) is 38.2 Å². The van der Waals surface area contributed by atoms with E-state index in [4.69, 9.17) is 0 Å². The Balaban J connectivity index is 2.24. The van der Waals surface area contributed by atoms with E-state index in [0.29, 0.717) is 17.6 Å². The van der Waals surface area contributed by atoms with Crippen molar-refractivity contribution in [1.29, 1.82) is 0 Å². The van der Waals surface area contributed by atoms with Crippen molar-refractivity contribution in [3.63, 3.8) is 0 Å². The molecule has 14 heavy (non-hydrogen) atoms. The Kier molecular flexibility index (Phi) is 1.67. The number of ketones is 1. The standard InChI is InChI=1S/C12H14OS/c1-6-10-8-4-3-5-9(8)12(13)11(10)7(2)14-6/h8-9H,3-5H2,1-2H3. The molecule has 0 spiro atoms. The predicted molar refractivity (Wildman–Crippen MR) is 58.2 cm³/mol. The third-order valence-corrected chi connectivity index (χ3v) is 4.81. The first kappa shape index (κ1) is 8.66. The fourth-order valence-corrected chi connectivity index (χ4v) is 4.39. The summed E-state index contributed by atoms with van der Waals surface area (Å²) in [6, 6.07) is 0. The maximum Gasteiger partial charge on any atom is 0.167 e. The second kappa shape index (κ2) is 2.69. The molecule has 0 saturated heterocycles. The van der Waals surface area contributed by atoms with E-state index in [1.807, 2.05) is 0 Å². The molecule has 2 aliphatic rings. The zero-order valence-electron chi connectivity index (χ0n) is 8.59. The van der Waals surface area contributed by atoms with Gasteiger partial charge in [-0.3, -0.25) is 4.79 Å². The SMILES string of the molecule is Cc1sc(C)c2c1C(=O)C1CCCC21. The number of aryl methyl sites for hydroxylation is 2. The summed E-state index contributed by atoms with van der Waals surface area (Å²) in [5.74, 6) is 1.39. The maximum atomic E-state index is 12.1. The molecule has 1 aromatic heterocycles. The first-order valence-electron chi connectivity index (χ1n) is 5.34. The van der Waals surface area contributed by atoms with E-state index in [9.17, 15) is 4.79 Å². The third-order valence-electron chi connectivity index (χ3n) is 3.78. The molecule has 1 saturated carbocycles. The summed E-state index contributed by atoms with van der Waals surface area (Å²) in [4.78, 5) is 14.8. The van der Waals surface area contributed by atoms with E-state index in [1.165, 1.54) is 28.2 Å². The molecule has 0 amide bonds. The molecule has 3 rings (SSSR count). The molecule has 2 aliphatic carbocycles. The molecule has 0 bridgehead atoms. The van der Waals surface area contributed by atoms with Gasteiger partial charge in [-0.15, -0.1) is 11.3 Å². The highest BCUT2D eigenvalue weighted by Gasteiger charge is 2.44. The van der Waals surface area contributed by atoms with Crippen molar-refractivity contribution in [2.75, 3.05) is 0 Å². The second-order valence-corrected chi connectivity index (χ2v) is 5.94. The summed E-state index contributed by atoms with van der Waals surface area (Å²) >= 11 is 1.80. The van der Waals surface area contributed by atoms with Gasteiger partial charge in [0.1, 0.15) is 0 Å². The highest BCUT2D eigenvalue weighted by molar-refractivity contribution is 7.12. The average Bonchev–Trinajstić information content (AvgIpc) is 2.72. The minimum Gasteiger partial charge on any atom is -0.294 e. The zero-order chi connectivity index (χ0) is 9.87. The first-order valence-corrected chi connectivity index (χ1v) is 6.16. The minimum absolute atomic E-state index is 0.353. The number of rotatable bonds is 0. The van der Waals surface area contributed by atoms with E-state index in [-0.39, 0.29) is 0 Å². The number of hydrogen-bond donors (Lipinski definition) is 0. The summed E-state index contributed by atoms with van der Waals surface area (Å²) in [7, 11) is 0. The second-order valence-electron chi connectivity index (χ2n) is 4.51. The van der Waals surface area contributed by atoms with Gasteiger partial charge in [0.05, 0.1) is 0 Å². The Bertz CT molecular complexity index is 416. The van der Waals surface area contributed by atoms with E-state index < -0.39 is 0 Å². The molecule has 74 valence electrons. The van der Waals surface area contributed by atoms with Crippen LogP contribution in [-0.2, 0) is 0 Å². The lowest BCUT2D eigenvalue weighted by Gasteiger charge is -2.08. The smallest absolute Gasteiger partial charge is 0.167 e. The lowest BCUT2D eigenvalue weighted by molar-refractivity contribution is 0.0932. The van der Waals surface area contributed by atoms with Crippen LogP contribution in [0.3, 0.4) is 0 Å². The van der Waals surface area contributed by atoms with Gasteiger partial charge in [-0.1, -0.05) is 6.42 Å². The van der Waals surface area contributed by atoms with Crippen molar-refractivity contribution < 1.29 is 4.79 Å². The number of thiophene rings is 1. The summed E-state index contributed by atoms with van der Waals surface area (Å²) in [5, 5.41) is 0. The number of carbonyl (C=O) groups is 1. The number of carbonyl (C=O) groups excluding carboxylic acids is 1. The molecule has 1 fully saturated rings. The number of Topliss-reactive ketones (excluding diaryl/α,β-unsaturated/α-hetero) is 1. The topological polar surface area (TPSA) is 17.1 Å². The largest absolute Gasteiger partial charge is 0.294 e. The van der Waals surface area contributed by atoms with Gasteiger partial charge in [-0.25, -0.2) is 0 Å². The first-order chi connectivity index (χ1) is 6.70. The van der Waals surface area contributed by atoms with Crippen molar-refractivity contribution in [3.05, 3.63) is 20.9 Å². The molecule has 0 aromatic carbocycles. The minimum atomic E-state index is 0.353. The van der Waals surface area contributed by atoms with Gasteiger partial charge in [0.25, 0.3) is 0 Å². The molecule has 2 atom stereocenters. The molecular formula is C12H14OS. The van der Waals surface area contributed by atoms with Gasteiger partial charge in [0, 0.05) is 21.2 Å². The van der Waals surface area contributed by atoms with Crippen LogP contribution in [0.2, 0.25) is 0 Å². The summed E-state index contributed by atoms with van der Waals surface area (Å²) in [6.45, 7) is 4.26. The molecule has 1 aromatic rings. The summed E-state index contributed by atoms with van der Waals surface area (Å²) in [5.41, 5.74) is 2.52. The molecule has 0 aliphatic heterocycles. The molecular weight excluding hydrogens is 192 g/mol. The quantitative estimate of drug-likeness (QED) is 0.635. The van der Waals surface area contributed by atoms with Crippen molar-refractivity contribution in [3.8, 4) is 0 Å². The molecule has 0 N–H and O–H groups in total. The van der Waals surface area contributed by atoms with E-state index in [0.717, 1.165) is 12.0 Å². The van der Waals surface area contributed by atoms with Crippen LogP contribution < -0.4 is 0 Å². The van der Waals surface area contributed by atoms with Gasteiger partial charge >= 0.3 is 0 Å². The molecule has 2 heteroatoms. The van der Waals surface area contributed by atoms with Crippen molar-refractivity contribution in [1.82, 2.24) is 0 Å². The molecule has 1 heterocycles. The fraction of sp³-hybridized carbons (Fsp3) is 0.583. The highest BCUT2D eigenvalue weighted by atomic mass is 32.1. The Morgan fingerprint density at radius 1 is 1.14 bits per heavy atom. The molecule has 1 nitrogen and oxygen atoms in total. The van der Waals surface area contributed by atoms with Crippen LogP contribution in [0.4, 0.5) is 0 Å². The number of hydrogen-bond acceptors (Lipinski definition) is 2. The summed E-state index contributed by atoms with van der Waals surface area (Å²) in [6.07, 6.45) is 3.61. The molecule has 0 radical (unpaired) electrons. The van der Waals surface area contributed by atoms with Crippen LogP contribution in [0, 0.1) is 19.8 Å². The van der Waals surface area contributed by atoms with Crippen LogP contribution in [0.1, 0.15) is 50.9 Å². The maximum absolute atomic E-state index is 12.1. The van der Waals surface area contributed by atoms with E-state index in [1.54, 1.807) is 11.3 Å². The zero-order valence-corrected chi connectivity index (χ0v) is 9.41. The summed E-state index contributed by atoms with van der Waals surface area (Å²) < 4.78 is 0. The third kappa shape index (κ3) is 0.876. The Morgan fingerprint density at radius 3 is 2.64 bits per heavy atom. The monoisotopic (exact) mass is 206 g/mol. The van der Waals surface area contributed by atoms with E-state index in [2.05, 4.69) is 13.8 Å². The van der Waals surface area contributed by atoms with Crippen molar-refractivity contribution in [2.24, 2.45) is 5.92 Å². The van der Waals surface area contributed by atoms with Gasteiger partial charge < -0.3 is 0 Å². The fourth-order valence-electron chi connectivity index (χ4n) is 3.26. The Morgan fingerprint density at radius 2 is 1.86 bits per heavy atom. The Labute approximate surface area is 88.1 Å². The molecule has 2 unspecified atom stereocenters. The van der Waals surface area contributed by atoms with Crippen molar-refractivity contribution >= 4 is 17.1 Å². The van der Waals surface area contributed by atoms with Crippen LogP contribution in [0.25, 0.3) is 0 Å². The normalized spacial score (nSPS) is 29.4. The van der Waals surface area contributed by atoms with Crippen LogP contribution >= 0.6 is 11.3 Å². The van der Waals surface area contributed by atoms with Gasteiger partial charge in [-0.2, -0.15) is 0 Å². The van der Waals surface area contributed by atoms with Crippen LogP contribution in [-0.4, -0.2) is 5.78 Å². The van der Waals surface area contributed by atoms with Crippen LogP contribution in [0.15, 0.2) is 0 Å². The predicted octanol–water partition coefficient (Wildman–Crippen LogP) is 3.44. The van der Waals surface area contributed by atoms with E-state index >= 15 is 0 Å². The van der Waals surface area contributed by atoms with Gasteiger partial charge in [0.2, 0.25) is 0 Å². The Hall–Kier alpha value is -0.630. The van der Waals surface area contributed by atoms with Crippen molar-refractivity contribution in [2.45, 2.75) is 39.0 Å². The number of fused-ring (bicyclic) bond motifs is 3. The van der Waals surface area contributed by atoms with Gasteiger partial charge in [0.15, 0.2) is 5.78 Å². The highest BCUT2D eigenvalue weighted by Crippen LogP contribution is 2.52. The lowest BCUT2D eigenvalue weighted by Crippen LogP contribution is -2.07. The van der Waals surface area contributed by atoms with Crippen LogP contribution in [0.5, 0.6) is 0 Å². The average molecular weight is 206 g/mol.